The van der Waals surface area contributed by atoms with Crippen molar-refractivity contribution < 1.29 is 23.8 Å². The van der Waals surface area contributed by atoms with Gasteiger partial charge in [0.25, 0.3) is 0 Å². The molecule has 0 spiro atoms. The number of hydrogen-bond donors (Lipinski definition) is 1. The molecule has 2 aromatic carbocycles. The minimum absolute atomic E-state index is 0.213. The van der Waals surface area contributed by atoms with Crippen molar-refractivity contribution in [3.05, 3.63) is 71.0 Å². The van der Waals surface area contributed by atoms with Crippen LogP contribution in [0.1, 0.15) is 23.6 Å². The molecular formula is C20H21FO4S. The minimum atomic E-state index is -0.849. The summed E-state index contributed by atoms with van der Waals surface area (Å²) in [6, 6.07) is 13.6. The van der Waals surface area contributed by atoms with Crippen molar-refractivity contribution in [3.63, 3.8) is 0 Å². The van der Waals surface area contributed by atoms with Gasteiger partial charge in [-0.3, -0.25) is 9.59 Å². The van der Waals surface area contributed by atoms with Crippen molar-refractivity contribution in [2.75, 3.05) is 5.75 Å². The maximum absolute atomic E-state index is 12.9. The second-order valence-electron chi connectivity index (χ2n) is 5.88. The Bertz CT molecular complexity index is 728. The highest BCUT2D eigenvalue weighted by Crippen LogP contribution is 2.19. The second kappa shape index (κ2) is 9.97. The van der Waals surface area contributed by atoms with Crippen molar-refractivity contribution in [3.8, 4) is 0 Å². The molecule has 0 aliphatic carbocycles. The average Bonchev–Trinajstić information content (AvgIpc) is 2.61. The Morgan fingerprint density at radius 1 is 1.04 bits per heavy atom. The lowest BCUT2D eigenvalue weighted by Gasteiger charge is -2.13. The van der Waals surface area contributed by atoms with Crippen molar-refractivity contribution in [2.24, 2.45) is 0 Å². The van der Waals surface area contributed by atoms with E-state index in [1.54, 1.807) is 12.1 Å². The molecule has 0 radical (unpaired) electrons. The SMILES string of the molecule is CC(=O)OCc1ccc(CC(SCCc2ccc(F)cc2)C(=O)O)cc1. The van der Waals surface area contributed by atoms with E-state index in [2.05, 4.69) is 0 Å². The maximum Gasteiger partial charge on any atom is 0.316 e. The summed E-state index contributed by atoms with van der Waals surface area (Å²) in [5, 5.41) is 8.89. The van der Waals surface area contributed by atoms with Crippen molar-refractivity contribution >= 4 is 23.7 Å². The molecule has 2 rings (SSSR count). The van der Waals surface area contributed by atoms with Gasteiger partial charge in [0.15, 0.2) is 0 Å². The number of aliphatic carboxylic acids is 1. The molecule has 0 fully saturated rings. The van der Waals surface area contributed by atoms with E-state index >= 15 is 0 Å². The molecule has 138 valence electrons. The number of ether oxygens (including phenoxy) is 1. The van der Waals surface area contributed by atoms with Gasteiger partial charge in [-0.15, -0.1) is 11.8 Å². The number of carbonyl (C=O) groups excluding carboxylic acids is 1. The topological polar surface area (TPSA) is 63.6 Å². The third-order valence-electron chi connectivity index (χ3n) is 3.78. The third-order valence-corrected chi connectivity index (χ3v) is 5.00. The van der Waals surface area contributed by atoms with Crippen LogP contribution >= 0.6 is 11.8 Å². The zero-order valence-electron chi connectivity index (χ0n) is 14.5. The third kappa shape index (κ3) is 6.88. The van der Waals surface area contributed by atoms with E-state index in [-0.39, 0.29) is 18.4 Å². The van der Waals surface area contributed by atoms with Crippen LogP contribution in [0.15, 0.2) is 48.5 Å². The van der Waals surface area contributed by atoms with Crippen LogP contribution < -0.4 is 0 Å². The second-order valence-corrected chi connectivity index (χ2v) is 7.19. The largest absolute Gasteiger partial charge is 0.480 e. The summed E-state index contributed by atoms with van der Waals surface area (Å²) in [6.07, 6.45) is 1.10. The Morgan fingerprint density at radius 2 is 1.62 bits per heavy atom. The Labute approximate surface area is 156 Å². The van der Waals surface area contributed by atoms with Crippen molar-refractivity contribution in [2.45, 2.75) is 31.6 Å². The van der Waals surface area contributed by atoms with E-state index in [0.717, 1.165) is 16.7 Å². The van der Waals surface area contributed by atoms with Gasteiger partial charge in [-0.05, 0) is 47.4 Å². The van der Waals surface area contributed by atoms with Gasteiger partial charge >= 0.3 is 11.9 Å². The lowest BCUT2D eigenvalue weighted by molar-refractivity contribution is -0.142. The summed E-state index contributed by atoms with van der Waals surface area (Å²) in [5.41, 5.74) is 2.76. The van der Waals surface area contributed by atoms with E-state index < -0.39 is 11.2 Å². The zero-order chi connectivity index (χ0) is 18.9. The molecule has 0 aliphatic rings. The number of carboxylic acid groups (broad SMARTS) is 1. The summed E-state index contributed by atoms with van der Waals surface area (Å²) in [7, 11) is 0. The van der Waals surface area contributed by atoms with Gasteiger partial charge < -0.3 is 9.84 Å². The summed E-state index contributed by atoms with van der Waals surface area (Å²) in [4.78, 5) is 22.3. The normalized spacial score (nSPS) is 11.8. The number of carbonyl (C=O) groups is 2. The van der Waals surface area contributed by atoms with Crippen LogP contribution in [0.25, 0.3) is 0 Å². The van der Waals surface area contributed by atoms with Gasteiger partial charge in [-0.2, -0.15) is 0 Å². The van der Waals surface area contributed by atoms with Crippen LogP contribution in [0.2, 0.25) is 0 Å². The number of rotatable bonds is 9. The summed E-state index contributed by atoms with van der Waals surface area (Å²) < 4.78 is 17.8. The number of carboxylic acids is 1. The van der Waals surface area contributed by atoms with Crippen LogP contribution in [0.5, 0.6) is 0 Å². The van der Waals surface area contributed by atoms with Crippen LogP contribution in [0.3, 0.4) is 0 Å². The minimum Gasteiger partial charge on any atom is -0.480 e. The van der Waals surface area contributed by atoms with Gasteiger partial charge in [0.1, 0.15) is 17.7 Å². The lowest BCUT2D eigenvalue weighted by Crippen LogP contribution is -2.20. The molecular weight excluding hydrogens is 355 g/mol. The molecule has 2 aromatic rings. The summed E-state index contributed by atoms with van der Waals surface area (Å²) in [5.74, 6) is -0.815. The highest BCUT2D eigenvalue weighted by Gasteiger charge is 2.18. The molecule has 1 N–H and O–H groups in total. The molecule has 1 atom stereocenters. The molecule has 0 bridgehead atoms. The van der Waals surface area contributed by atoms with E-state index in [4.69, 9.17) is 4.74 Å². The fraction of sp³-hybridized carbons (Fsp3) is 0.300. The Kier molecular flexibility index (Phi) is 7.66. The van der Waals surface area contributed by atoms with Crippen molar-refractivity contribution in [1.29, 1.82) is 0 Å². The molecule has 4 nitrogen and oxygen atoms in total. The molecule has 6 heteroatoms. The molecule has 0 aromatic heterocycles. The van der Waals surface area contributed by atoms with Crippen LogP contribution in [0.4, 0.5) is 4.39 Å². The molecule has 0 aliphatic heterocycles. The molecule has 0 amide bonds. The van der Waals surface area contributed by atoms with Crippen LogP contribution in [-0.2, 0) is 33.8 Å². The molecule has 1 unspecified atom stereocenters. The smallest absolute Gasteiger partial charge is 0.316 e. The number of halogens is 1. The maximum atomic E-state index is 12.9. The zero-order valence-corrected chi connectivity index (χ0v) is 15.3. The number of benzene rings is 2. The predicted octanol–water partition coefficient (Wildman–Crippen LogP) is 3.86. The molecule has 26 heavy (non-hydrogen) atoms. The number of hydrogen-bond acceptors (Lipinski definition) is 4. The number of aryl methyl sites for hydroxylation is 1. The van der Waals surface area contributed by atoms with E-state index in [1.165, 1.54) is 30.8 Å². The van der Waals surface area contributed by atoms with E-state index in [0.29, 0.717) is 18.6 Å². The summed E-state index contributed by atoms with van der Waals surface area (Å²) >= 11 is 1.38. The number of esters is 1. The van der Waals surface area contributed by atoms with Gasteiger partial charge in [-0.1, -0.05) is 36.4 Å². The predicted molar refractivity (Wildman–Crippen MR) is 99.6 cm³/mol. The molecule has 0 saturated heterocycles. The first kappa shape index (κ1) is 20.0. The van der Waals surface area contributed by atoms with Crippen LogP contribution in [0, 0.1) is 5.82 Å². The Hall–Kier alpha value is -2.34. The van der Waals surface area contributed by atoms with E-state index in [1.807, 2.05) is 24.3 Å². The van der Waals surface area contributed by atoms with Crippen LogP contribution in [-0.4, -0.2) is 28.0 Å². The van der Waals surface area contributed by atoms with Gasteiger partial charge in [-0.25, -0.2) is 4.39 Å². The standard InChI is InChI=1S/C20H21FO4S/c1-14(22)25-13-17-4-2-16(3-5-17)12-19(20(23)24)26-11-10-15-6-8-18(21)9-7-15/h2-9,19H,10-13H2,1H3,(H,23,24). The molecule has 0 heterocycles. The Balaban J connectivity index is 1.86. The highest BCUT2D eigenvalue weighted by molar-refractivity contribution is 8.00. The first-order chi connectivity index (χ1) is 12.4. The van der Waals surface area contributed by atoms with Gasteiger partial charge in [0.05, 0.1) is 0 Å². The average molecular weight is 376 g/mol. The first-order valence-corrected chi connectivity index (χ1v) is 9.29. The lowest BCUT2D eigenvalue weighted by atomic mass is 10.1. The van der Waals surface area contributed by atoms with Gasteiger partial charge in [0.2, 0.25) is 0 Å². The van der Waals surface area contributed by atoms with Crippen molar-refractivity contribution in [1.82, 2.24) is 0 Å². The summed E-state index contributed by atoms with van der Waals surface area (Å²) in [6.45, 7) is 1.57. The highest BCUT2D eigenvalue weighted by atomic mass is 32.2. The number of thioether (sulfide) groups is 1. The first-order valence-electron chi connectivity index (χ1n) is 8.24. The quantitative estimate of drug-likeness (QED) is 0.673. The van der Waals surface area contributed by atoms with E-state index in [9.17, 15) is 19.1 Å². The fourth-order valence-electron chi connectivity index (χ4n) is 2.36. The fourth-order valence-corrected chi connectivity index (χ4v) is 3.45. The Morgan fingerprint density at radius 3 is 2.19 bits per heavy atom. The van der Waals surface area contributed by atoms with Gasteiger partial charge in [0, 0.05) is 6.92 Å². The molecule has 0 saturated carbocycles. The monoisotopic (exact) mass is 376 g/mol.